The van der Waals surface area contributed by atoms with Crippen LogP contribution in [0.5, 0.6) is 5.75 Å². The van der Waals surface area contributed by atoms with Crippen molar-refractivity contribution >= 4 is 28.8 Å². The molecule has 0 aliphatic heterocycles. The van der Waals surface area contributed by atoms with Gasteiger partial charge in [-0.1, -0.05) is 30.3 Å². The van der Waals surface area contributed by atoms with Gasteiger partial charge in [0.05, 0.1) is 22.9 Å². The Hall–Kier alpha value is -3.93. The van der Waals surface area contributed by atoms with Gasteiger partial charge in [-0.05, 0) is 54.1 Å². The first-order chi connectivity index (χ1) is 13.3. The van der Waals surface area contributed by atoms with E-state index in [2.05, 4.69) is 25.5 Å². The number of benzene rings is 3. The van der Waals surface area contributed by atoms with E-state index in [0.29, 0.717) is 11.7 Å². The number of imidazole rings is 1. The van der Waals surface area contributed by atoms with E-state index in [1.165, 1.54) is 0 Å². The molecule has 0 amide bonds. The summed E-state index contributed by atoms with van der Waals surface area (Å²) < 4.78 is 0. The second-order valence-electron chi connectivity index (χ2n) is 5.86. The highest BCUT2D eigenvalue weighted by Crippen LogP contribution is 2.14. The van der Waals surface area contributed by atoms with Crippen molar-refractivity contribution in [3.05, 3.63) is 90.3 Å². The van der Waals surface area contributed by atoms with Crippen molar-refractivity contribution in [3.8, 4) is 5.75 Å². The summed E-state index contributed by atoms with van der Waals surface area (Å²) in [4.78, 5) is 12.5. The van der Waals surface area contributed by atoms with Crippen LogP contribution >= 0.6 is 0 Å². The number of hydrogen-bond donors (Lipinski definition) is 3. The van der Waals surface area contributed by atoms with Gasteiger partial charge in [-0.15, -0.1) is 0 Å². The number of phenolic OH excluding ortho intramolecular Hbond substituents is 1. The molecule has 0 unspecified atom stereocenters. The van der Waals surface area contributed by atoms with E-state index in [0.717, 1.165) is 22.3 Å². The van der Waals surface area contributed by atoms with Crippen molar-refractivity contribution in [3.63, 3.8) is 0 Å². The number of hydrazone groups is 1. The number of nitrogens with zero attached hydrogens (tertiary/aromatic N) is 3. The van der Waals surface area contributed by atoms with E-state index in [1.807, 2.05) is 54.6 Å². The number of hydrogen-bond acceptors (Lipinski definition) is 4. The molecule has 0 aliphatic carbocycles. The highest BCUT2D eigenvalue weighted by atomic mass is 16.3. The summed E-state index contributed by atoms with van der Waals surface area (Å²) in [5, 5.41) is 13.6. The molecule has 6 heteroatoms. The summed E-state index contributed by atoms with van der Waals surface area (Å²) in [6, 6.07) is 24.2. The van der Waals surface area contributed by atoms with Crippen molar-refractivity contribution in [1.29, 1.82) is 0 Å². The Morgan fingerprint density at radius 3 is 2.44 bits per heavy atom. The fraction of sp³-hybridized carbons (Fsp3) is 0. The van der Waals surface area contributed by atoms with Crippen molar-refractivity contribution in [1.82, 2.24) is 15.4 Å². The molecule has 4 aromatic rings. The monoisotopic (exact) mass is 355 g/mol. The predicted octanol–water partition coefficient (Wildman–Crippen LogP) is 3.97. The largest absolute Gasteiger partial charge is 0.508 e. The Labute approximate surface area is 155 Å². The maximum Gasteiger partial charge on any atom is 0.190 e. The summed E-state index contributed by atoms with van der Waals surface area (Å²) >= 11 is 0. The van der Waals surface area contributed by atoms with Crippen LogP contribution < -0.4 is 5.43 Å². The Morgan fingerprint density at radius 2 is 1.67 bits per heavy atom. The third-order valence-electron chi connectivity index (χ3n) is 3.89. The molecule has 6 nitrogen and oxygen atoms in total. The highest BCUT2D eigenvalue weighted by molar-refractivity contribution is 6.00. The number of aromatic nitrogens is 2. The molecule has 0 radical (unpaired) electrons. The van der Waals surface area contributed by atoms with E-state index < -0.39 is 0 Å². The van der Waals surface area contributed by atoms with Crippen LogP contribution in [-0.2, 0) is 0 Å². The number of aromatic hydroxyl groups is 1. The quantitative estimate of drug-likeness (QED) is 0.294. The Morgan fingerprint density at radius 1 is 0.926 bits per heavy atom. The minimum atomic E-state index is 0.216. The SMILES string of the molecule is Oc1ccc(/C=N/NC(=Nc2ccccc2)c2nc3ccccc3[nH]2)cc1. The number of phenols is 1. The van der Waals surface area contributed by atoms with E-state index in [9.17, 15) is 5.11 Å². The molecule has 1 heterocycles. The standard InChI is InChI=1S/C21H17N5O/c27-17-12-10-15(11-13-17)14-22-26-21(23-16-6-2-1-3-7-16)20-24-18-8-4-5-9-19(18)25-20/h1-14,27H,(H,23,26)(H,24,25)/b22-14+. The van der Waals surface area contributed by atoms with Crippen LogP contribution in [0.4, 0.5) is 5.69 Å². The Bertz CT molecular complexity index is 1070. The molecule has 0 saturated heterocycles. The second-order valence-corrected chi connectivity index (χ2v) is 5.86. The van der Waals surface area contributed by atoms with Gasteiger partial charge in [0.1, 0.15) is 5.75 Å². The zero-order valence-corrected chi connectivity index (χ0v) is 14.4. The van der Waals surface area contributed by atoms with Gasteiger partial charge in [0.15, 0.2) is 11.7 Å². The molecule has 0 atom stereocenters. The molecule has 0 spiro atoms. The van der Waals surface area contributed by atoms with Gasteiger partial charge in [-0.25, -0.2) is 9.98 Å². The van der Waals surface area contributed by atoms with Gasteiger partial charge in [0, 0.05) is 0 Å². The molecule has 0 aliphatic rings. The number of aliphatic imine (C=N–C) groups is 1. The van der Waals surface area contributed by atoms with E-state index >= 15 is 0 Å². The predicted molar refractivity (Wildman–Crippen MR) is 108 cm³/mol. The summed E-state index contributed by atoms with van der Waals surface area (Å²) in [5.41, 5.74) is 6.40. The van der Waals surface area contributed by atoms with Gasteiger partial charge in [-0.2, -0.15) is 5.10 Å². The van der Waals surface area contributed by atoms with E-state index in [-0.39, 0.29) is 5.75 Å². The first kappa shape index (κ1) is 16.5. The normalized spacial score (nSPS) is 11.9. The molecule has 4 rings (SSSR count). The molecule has 1 aromatic heterocycles. The summed E-state index contributed by atoms with van der Waals surface area (Å²) in [7, 11) is 0. The summed E-state index contributed by atoms with van der Waals surface area (Å²) in [6.45, 7) is 0. The van der Waals surface area contributed by atoms with E-state index in [4.69, 9.17) is 0 Å². The van der Waals surface area contributed by atoms with Crippen LogP contribution in [-0.4, -0.2) is 27.1 Å². The van der Waals surface area contributed by atoms with Gasteiger partial charge >= 0.3 is 0 Å². The average Bonchev–Trinajstić information content (AvgIpc) is 3.14. The van der Waals surface area contributed by atoms with Crippen LogP contribution in [0.25, 0.3) is 11.0 Å². The maximum absolute atomic E-state index is 9.36. The molecule has 0 bridgehead atoms. The minimum Gasteiger partial charge on any atom is -0.508 e. The van der Waals surface area contributed by atoms with Crippen molar-refractivity contribution in [2.75, 3.05) is 0 Å². The van der Waals surface area contributed by atoms with Gasteiger partial charge in [-0.3, -0.25) is 5.43 Å². The zero-order valence-electron chi connectivity index (χ0n) is 14.4. The second kappa shape index (κ2) is 7.53. The van der Waals surface area contributed by atoms with Crippen molar-refractivity contribution < 1.29 is 5.11 Å². The van der Waals surface area contributed by atoms with Crippen LogP contribution in [0.1, 0.15) is 11.4 Å². The lowest BCUT2D eigenvalue weighted by atomic mass is 10.2. The smallest absolute Gasteiger partial charge is 0.190 e. The lowest BCUT2D eigenvalue weighted by Gasteiger charge is -2.03. The topological polar surface area (TPSA) is 85.7 Å². The molecule has 0 saturated carbocycles. The number of fused-ring (bicyclic) bond motifs is 1. The number of rotatable bonds is 4. The average molecular weight is 355 g/mol. The van der Waals surface area contributed by atoms with E-state index in [1.54, 1.807) is 30.5 Å². The molecule has 0 fully saturated rings. The summed E-state index contributed by atoms with van der Waals surface area (Å²) in [5.74, 6) is 1.32. The van der Waals surface area contributed by atoms with Crippen molar-refractivity contribution in [2.24, 2.45) is 10.1 Å². The zero-order chi connectivity index (χ0) is 18.5. The minimum absolute atomic E-state index is 0.216. The number of aromatic amines is 1. The fourth-order valence-electron chi connectivity index (χ4n) is 2.56. The molecule has 3 aromatic carbocycles. The number of para-hydroxylation sites is 3. The number of amidine groups is 1. The molecule has 3 N–H and O–H groups in total. The Balaban J connectivity index is 1.65. The molecular formula is C21H17N5O. The van der Waals surface area contributed by atoms with Crippen LogP contribution in [0, 0.1) is 0 Å². The lowest BCUT2D eigenvalue weighted by Crippen LogP contribution is -2.20. The van der Waals surface area contributed by atoms with Gasteiger partial charge < -0.3 is 10.1 Å². The van der Waals surface area contributed by atoms with Gasteiger partial charge in [0.25, 0.3) is 0 Å². The molecule has 27 heavy (non-hydrogen) atoms. The third-order valence-corrected chi connectivity index (χ3v) is 3.89. The highest BCUT2D eigenvalue weighted by Gasteiger charge is 2.09. The Kier molecular flexibility index (Phi) is 4.61. The van der Waals surface area contributed by atoms with Gasteiger partial charge in [0.2, 0.25) is 0 Å². The van der Waals surface area contributed by atoms with Crippen LogP contribution in [0.3, 0.4) is 0 Å². The van der Waals surface area contributed by atoms with Crippen LogP contribution in [0.2, 0.25) is 0 Å². The number of nitrogens with one attached hydrogen (secondary N) is 2. The molecule has 132 valence electrons. The fourth-order valence-corrected chi connectivity index (χ4v) is 2.56. The number of H-pyrrole nitrogens is 1. The van der Waals surface area contributed by atoms with Crippen LogP contribution in [0.15, 0.2) is 89.0 Å². The first-order valence-electron chi connectivity index (χ1n) is 8.45. The lowest BCUT2D eigenvalue weighted by molar-refractivity contribution is 0.475. The first-order valence-corrected chi connectivity index (χ1v) is 8.45. The summed E-state index contributed by atoms with van der Waals surface area (Å²) in [6.07, 6.45) is 1.66. The third kappa shape index (κ3) is 4.01. The maximum atomic E-state index is 9.36. The van der Waals surface area contributed by atoms with Crippen molar-refractivity contribution in [2.45, 2.75) is 0 Å². The molecular weight excluding hydrogens is 338 g/mol.